The molecule has 1 N–H and O–H groups in total. The number of hydrogen-bond acceptors (Lipinski definition) is 6. The second-order valence-corrected chi connectivity index (χ2v) is 9.32. The van der Waals surface area contributed by atoms with Crippen LogP contribution in [0, 0.1) is 0 Å². The van der Waals surface area contributed by atoms with E-state index in [9.17, 15) is 4.79 Å². The van der Waals surface area contributed by atoms with Gasteiger partial charge in [-0.25, -0.2) is 4.79 Å². The summed E-state index contributed by atoms with van der Waals surface area (Å²) in [5.41, 5.74) is 1.62. The molecule has 0 spiro atoms. The van der Waals surface area contributed by atoms with Crippen molar-refractivity contribution in [3.05, 3.63) is 59.7 Å². The molecule has 2 aromatic rings. The summed E-state index contributed by atoms with van der Waals surface area (Å²) in [5.74, 6) is 1.50. The van der Waals surface area contributed by atoms with E-state index < -0.39 is 5.60 Å². The molecule has 3 rings (SSSR count). The number of hydrogen-bond donors (Lipinski definition) is 1. The minimum absolute atomic E-state index is 0.0547. The molecule has 0 aliphatic carbocycles. The molecule has 1 heterocycles. The van der Waals surface area contributed by atoms with Gasteiger partial charge in [-0.3, -0.25) is 0 Å². The van der Waals surface area contributed by atoms with Crippen molar-refractivity contribution in [3.63, 3.8) is 0 Å². The number of carbonyl (C=O) groups excluding carboxylic acids is 1. The summed E-state index contributed by atoms with van der Waals surface area (Å²) in [7, 11) is 3.28. The second-order valence-electron chi connectivity index (χ2n) is 9.32. The molecular weight excluding hydrogens is 420 g/mol. The number of likely N-dealkylation sites (tertiary alicyclic amines) is 1. The Kier molecular flexibility index (Phi) is 8.58. The molecular formula is C26H36N2O5. The van der Waals surface area contributed by atoms with Crippen LogP contribution >= 0.6 is 0 Å². The molecule has 1 saturated heterocycles. The molecule has 2 aromatic carbocycles. The lowest BCUT2D eigenvalue weighted by atomic mass is 10.1. The van der Waals surface area contributed by atoms with Crippen molar-refractivity contribution < 1.29 is 23.7 Å². The maximum atomic E-state index is 12.9. The number of amides is 1. The van der Waals surface area contributed by atoms with Crippen LogP contribution in [0.2, 0.25) is 0 Å². The monoisotopic (exact) mass is 456 g/mol. The Labute approximate surface area is 197 Å². The maximum absolute atomic E-state index is 12.9. The van der Waals surface area contributed by atoms with E-state index in [0.29, 0.717) is 26.3 Å². The zero-order valence-corrected chi connectivity index (χ0v) is 20.3. The second kappa shape index (κ2) is 11.4. The van der Waals surface area contributed by atoms with Gasteiger partial charge in [-0.15, -0.1) is 0 Å². The van der Waals surface area contributed by atoms with Gasteiger partial charge < -0.3 is 29.2 Å². The number of nitrogens with zero attached hydrogens (tertiary/aromatic N) is 1. The molecule has 1 aliphatic rings. The van der Waals surface area contributed by atoms with Crippen LogP contribution in [0.15, 0.2) is 48.5 Å². The highest BCUT2D eigenvalue weighted by atomic mass is 16.6. The molecule has 1 unspecified atom stereocenters. The van der Waals surface area contributed by atoms with Gasteiger partial charge in [0.1, 0.15) is 17.1 Å². The molecule has 2 atom stereocenters. The molecule has 7 heteroatoms. The van der Waals surface area contributed by atoms with Crippen LogP contribution in [0.5, 0.6) is 11.5 Å². The minimum atomic E-state index is -0.546. The van der Waals surface area contributed by atoms with Crippen molar-refractivity contribution in [2.24, 2.45) is 0 Å². The van der Waals surface area contributed by atoms with Gasteiger partial charge in [-0.1, -0.05) is 30.3 Å². The van der Waals surface area contributed by atoms with Gasteiger partial charge in [0.25, 0.3) is 0 Å². The number of benzene rings is 2. The molecule has 1 fully saturated rings. The van der Waals surface area contributed by atoms with Crippen LogP contribution < -0.4 is 14.8 Å². The fourth-order valence-electron chi connectivity index (χ4n) is 3.88. The van der Waals surface area contributed by atoms with Gasteiger partial charge in [0.15, 0.2) is 0 Å². The summed E-state index contributed by atoms with van der Waals surface area (Å²) in [6.45, 7) is 7.82. The number of methoxy groups -OCH3 is 2. The van der Waals surface area contributed by atoms with Crippen molar-refractivity contribution in [2.75, 3.05) is 27.4 Å². The molecule has 0 aromatic heterocycles. The minimum Gasteiger partial charge on any atom is -0.497 e. The summed E-state index contributed by atoms with van der Waals surface area (Å²) in [5, 5.41) is 3.57. The third kappa shape index (κ3) is 7.65. The van der Waals surface area contributed by atoms with E-state index in [4.69, 9.17) is 18.9 Å². The van der Waals surface area contributed by atoms with E-state index in [1.807, 2.05) is 69.3 Å². The maximum Gasteiger partial charge on any atom is 0.410 e. The first kappa shape index (κ1) is 24.9. The van der Waals surface area contributed by atoms with E-state index in [1.54, 1.807) is 19.1 Å². The summed E-state index contributed by atoms with van der Waals surface area (Å²) < 4.78 is 22.4. The van der Waals surface area contributed by atoms with Gasteiger partial charge >= 0.3 is 6.09 Å². The zero-order valence-electron chi connectivity index (χ0n) is 20.3. The van der Waals surface area contributed by atoms with Gasteiger partial charge in [0, 0.05) is 25.2 Å². The van der Waals surface area contributed by atoms with Crippen LogP contribution in [0.4, 0.5) is 4.79 Å². The quantitative estimate of drug-likeness (QED) is 0.604. The Morgan fingerprint density at radius 2 is 1.70 bits per heavy atom. The predicted molar refractivity (Wildman–Crippen MR) is 128 cm³/mol. The smallest absolute Gasteiger partial charge is 0.410 e. The molecule has 1 aliphatic heterocycles. The molecule has 180 valence electrons. The first-order valence-corrected chi connectivity index (χ1v) is 11.3. The van der Waals surface area contributed by atoms with E-state index in [-0.39, 0.29) is 18.2 Å². The average molecular weight is 457 g/mol. The van der Waals surface area contributed by atoms with E-state index in [1.165, 1.54) is 0 Å². The number of ether oxygens (including phenoxy) is 4. The molecule has 0 bridgehead atoms. The van der Waals surface area contributed by atoms with Crippen molar-refractivity contribution in [1.29, 1.82) is 0 Å². The summed E-state index contributed by atoms with van der Waals surface area (Å²) in [4.78, 5) is 14.7. The van der Waals surface area contributed by atoms with Crippen molar-refractivity contribution >= 4 is 6.09 Å². The third-order valence-corrected chi connectivity index (χ3v) is 5.47. The lowest BCUT2D eigenvalue weighted by molar-refractivity contribution is 0.00871. The molecule has 0 saturated carbocycles. The topological polar surface area (TPSA) is 69.3 Å². The van der Waals surface area contributed by atoms with E-state index >= 15 is 0 Å². The molecule has 1 amide bonds. The third-order valence-electron chi connectivity index (χ3n) is 5.47. The standard InChI is InChI=1S/C26H36N2O5/c1-26(2,3)33-25(29)28-16-21(13-22(28)18-32-17-19-9-7-6-8-10-19)27-15-20-11-23(30-4)14-24(12-20)31-5/h6-12,14,21-22,27H,13,15-18H2,1-5H3/t21-,22?/m0/s1. The fraction of sp³-hybridized carbons (Fsp3) is 0.500. The zero-order chi connectivity index (χ0) is 23.8. The normalized spacial score (nSPS) is 18.3. The molecule has 33 heavy (non-hydrogen) atoms. The van der Waals surface area contributed by atoms with Crippen molar-refractivity contribution in [1.82, 2.24) is 10.2 Å². The van der Waals surface area contributed by atoms with E-state index in [2.05, 4.69) is 5.32 Å². The first-order valence-electron chi connectivity index (χ1n) is 11.3. The Balaban J connectivity index is 1.62. The number of nitrogens with one attached hydrogen (secondary N) is 1. The number of rotatable bonds is 9. The summed E-state index contributed by atoms with van der Waals surface area (Å²) in [6, 6.07) is 15.9. The first-order chi connectivity index (χ1) is 15.8. The van der Waals surface area contributed by atoms with Gasteiger partial charge in [0.2, 0.25) is 0 Å². The van der Waals surface area contributed by atoms with Crippen molar-refractivity contribution in [3.8, 4) is 11.5 Å². The average Bonchev–Trinajstić information content (AvgIpc) is 3.20. The van der Waals surface area contributed by atoms with Gasteiger partial charge in [-0.05, 0) is 50.5 Å². The highest BCUT2D eigenvalue weighted by molar-refractivity contribution is 5.69. The van der Waals surface area contributed by atoms with Crippen LogP contribution in [0.25, 0.3) is 0 Å². The Bertz CT molecular complexity index is 875. The lowest BCUT2D eigenvalue weighted by Crippen LogP contribution is -2.42. The largest absolute Gasteiger partial charge is 0.497 e. The molecule has 0 radical (unpaired) electrons. The Morgan fingerprint density at radius 3 is 2.30 bits per heavy atom. The number of carbonyl (C=O) groups is 1. The van der Waals surface area contributed by atoms with Crippen LogP contribution in [0.3, 0.4) is 0 Å². The molecule has 7 nitrogen and oxygen atoms in total. The van der Waals surface area contributed by atoms with Crippen LogP contribution in [-0.4, -0.2) is 56.0 Å². The predicted octanol–water partition coefficient (Wildman–Crippen LogP) is 4.39. The van der Waals surface area contributed by atoms with Crippen LogP contribution in [0.1, 0.15) is 38.3 Å². The van der Waals surface area contributed by atoms with Gasteiger partial charge in [-0.2, -0.15) is 0 Å². The fourth-order valence-corrected chi connectivity index (χ4v) is 3.88. The van der Waals surface area contributed by atoms with Crippen molar-refractivity contribution in [2.45, 2.75) is 58.0 Å². The van der Waals surface area contributed by atoms with Crippen LogP contribution in [-0.2, 0) is 22.6 Å². The Hall–Kier alpha value is -2.77. The lowest BCUT2D eigenvalue weighted by Gasteiger charge is -2.28. The summed E-state index contributed by atoms with van der Waals surface area (Å²) >= 11 is 0. The SMILES string of the molecule is COc1cc(CN[C@H]2CC(COCc3ccccc3)N(C(=O)OC(C)(C)C)C2)cc(OC)c1. The highest BCUT2D eigenvalue weighted by Gasteiger charge is 2.37. The highest BCUT2D eigenvalue weighted by Crippen LogP contribution is 2.25. The van der Waals surface area contributed by atoms with Gasteiger partial charge in [0.05, 0.1) is 33.5 Å². The Morgan fingerprint density at radius 1 is 1.03 bits per heavy atom. The summed E-state index contributed by atoms with van der Waals surface area (Å²) in [6.07, 6.45) is 0.484. The van der Waals surface area contributed by atoms with E-state index in [0.717, 1.165) is 29.0 Å².